The lowest BCUT2D eigenvalue weighted by molar-refractivity contribution is -0.137. The number of thiophene rings is 1. The van der Waals surface area contributed by atoms with Gasteiger partial charge in [0, 0.05) is 18.0 Å². The molecule has 1 aromatic heterocycles. The molecule has 32 heavy (non-hydrogen) atoms. The molecular weight excluding hydrogens is 437 g/mol. The molecule has 0 fully saturated rings. The van der Waals surface area contributed by atoms with Crippen molar-refractivity contribution in [2.75, 3.05) is 11.4 Å². The average molecular weight is 454 g/mol. The van der Waals surface area contributed by atoms with Gasteiger partial charge in [-0.05, 0) is 47.2 Å². The van der Waals surface area contributed by atoms with E-state index in [-0.39, 0.29) is 17.0 Å². The van der Waals surface area contributed by atoms with Crippen LogP contribution in [0.4, 0.5) is 18.9 Å². The number of fused-ring (bicyclic) bond motifs is 1. The lowest BCUT2D eigenvalue weighted by atomic mass is 9.99. The molecule has 0 unspecified atom stereocenters. The summed E-state index contributed by atoms with van der Waals surface area (Å²) in [7, 11) is 0. The Morgan fingerprint density at radius 2 is 1.66 bits per heavy atom. The molecule has 162 valence electrons. The minimum atomic E-state index is -4.58. The number of hydrogen-bond acceptors (Lipinski definition) is 4. The second kappa shape index (κ2) is 7.63. The number of halogens is 3. The summed E-state index contributed by atoms with van der Waals surface area (Å²) in [4.78, 5) is 30.3. The van der Waals surface area contributed by atoms with Crippen molar-refractivity contribution in [2.24, 2.45) is 0 Å². The minimum absolute atomic E-state index is 0.0868. The van der Waals surface area contributed by atoms with E-state index in [0.717, 1.165) is 22.6 Å². The molecule has 0 spiro atoms. The van der Waals surface area contributed by atoms with Crippen molar-refractivity contribution in [3.8, 4) is 0 Å². The number of alkyl halides is 3. The van der Waals surface area contributed by atoms with Crippen LogP contribution in [0.1, 0.15) is 21.6 Å². The number of rotatable bonds is 3. The molecule has 3 aromatic rings. The van der Waals surface area contributed by atoms with E-state index in [0.29, 0.717) is 24.4 Å². The first-order valence-corrected chi connectivity index (χ1v) is 10.9. The van der Waals surface area contributed by atoms with Crippen LogP contribution in [-0.4, -0.2) is 23.3 Å². The van der Waals surface area contributed by atoms with Crippen molar-refractivity contribution in [1.29, 1.82) is 0 Å². The Hall–Kier alpha value is -3.39. The Balaban J connectivity index is 1.59. The quantitative estimate of drug-likeness (QED) is 0.517. The summed E-state index contributed by atoms with van der Waals surface area (Å²) >= 11 is 1.32. The number of imide groups is 1. The lowest BCUT2D eigenvalue weighted by Gasteiger charge is -2.31. The molecule has 5 rings (SSSR count). The molecule has 4 nitrogen and oxygen atoms in total. The Morgan fingerprint density at radius 3 is 2.38 bits per heavy atom. The highest BCUT2D eigenvalue weighted by atomic mass is 32.1. The van der Waals surface area contributed by atoms with E-state index in [2.05, 4.69) is 0 Å². The van der Waals surface area contributed by atoms with Gasteiger partial charge in [-0.25, -0.2) is 4.90 Å². The molecule has 0 saturated heterocycles. The summed E-state index contributed by atoms with van der Waals surface area (Å²) in [6.07, 6.45) is -3.87. The second-order valence-corrected chi connectivity index (χ2v) is 8.58. The first-order valence-electron chi connectivity index (χ1n) is 10.0. The summed E-state index contributed by atoms with van der Waals surface area (Å²) in [5.41, 5.74) is 1.74. The van der Waals surface area contributed by atoms with Crippen LogP contribution in [0.3, 0.4) is 0 Å². The number of amides is 2. The van der Waals surface area contributed by atoms with Gasteiger partial charge in [0.1, 0.15) is 5.70 Å². The molecule has 3 heterocycles. The monoisotopic (exact) mass is 454 g/mol. The highest BCUT2D eigenvalue weighted by Crippen LogP contribution is 2.39. The number of anilines is 1. The van der Waals surface area contributed by atoms with Crippen molar-refractivity contribution in [1.82, 2.24) is 4.90 Å². The zero-order chi connectivity index (χ0) is 22.5. The van der Waals surface area contributed by atoms with Crippen LogP contribution in [0.25, 0.3) is 5.57 Å². The van der Waals surface area contributed by atoms with E-state index in [4.69, 9.17) is 0 Å². The van der Waals surface area contributed by atoms with E-state index < -0.39 is 23.6 Å². The smallest absolute Gasteiger partial charge is 0.362 e. The molecule has 2 aliphatic heterocycles. The van der Waals surface area contributed by atoms with Gasteiger partial charge in [0.15, 0.2) is 0 Å². The number of hydrogen-bond donors (Lipinski definition) is 0. The molecule has 0 aliphatic carbocycles. The van der Waals surface area contributed by atoms with Crippen LogP contribution in [0, 0.1) is 0 Å². The first-order chi connectivity index (χ1) is 15.3. The molecule has 0 bridgehead atoms. The second-order valence-electron chi connectivity index (χ2n) is 7.63. The normalized spacial score (nSPS) is 16.7. The lowest BCUT2D eigenvalue weighted by Crippen LogP contribution is -2.37. The number of carbonyl (C=O) groups excluding carboxylic acids is 2. The standard InChI is InChI=1S/C24H17F3N2O2S/c25-24(26,27)17-7-3-8-18(13-17)29-22(30)20(19-9-4-12-32-19)21(23(29)31)28-11-10-15-5-1-2-6-16(15)14-28/h1-9,12-13H,10-11,14H2. The van der Waals surface area contributed by atoms with Gasteiger partial charge < -0.3 is 4.90 Å². The van der Waals surface area contributed by atoms with Crippen LogP contribution in [0.5, 0.6) is 0 Å². The van der Waals surface area contributed by atoms with Gasteiger partial charge in [-0.1, -0.05) is 36.4 Å². The predicted octanol–water partition coefficient (Wildman–Crippen LogP) is 5.11. The molecule has 0 atom stereocenters. The third-order valence-corrected chi connectivity index (χ3v) is 6.59. The maximum absolute atomic E-state index is 13.5. The zero-order valence-corrected chi connectivity index (χ0v) is 17.5. The fourth-order valence-corrected chi connectivity index (χ4v) is 4.96. The Kier molecular flexibility index (Phi) is 4.89. The average Bonchev–Trinajstić information content (AvgIpc) is 3.39. The van der Waals surface area contributed by atoms with Gasteiger partial charge in [0.2, 0.25) is 0 Å². The molecule has 2 amide bonds. The van der Waals surface area contributed by atoms with Crippen LogP contribution in [0.2, 0.25) is 0 Å². The van der Waals surface area contributed by atoms with Crippen LogP contribution in [-0.2, 0) is 28.7 Å². The molecule has 0 saturated carbocycles. The zero-order valence-electron chi connectivity index (χ0n) is 16.7. The fraction of sp³-hybridized carbons (Fsp3) is 0.167. The largest absolute Gasteiger partial charge is 0.416 e. The number of nitrogens with zero attached hydrogens (tertiary/aromatic N) is 2. The van der Waals surface area contributed by atoms with E-state index in [9.17, 15) is 22.8 Å². The van der Waals surface area contributed by atoms with Crippen LogP contribution in [0.15, 0.2) is 71.7 Å². The molecule has 2 aromatic carbocycles. The summed E-state index contributed by atoms with van der Waals surface area (Å²) in [6, 6.07) is 15.8. The molecular formula is C24H17F3N2O2S. The van der Waals surface area contributed by atoms with Gasteiger partial charge in [0.25, 0.3) is 11.8 Å². The highest BCUT2D eigenvalue weighted by molar-refractivity contribution is 7.11. The van der Waals surface area contributed by atoms with Gasteiger partial charge in [-0.2, -0.15) is 13.2 Å². The Bertz CT molecular complexity index is 1250. The van der Waals surface area contributed by atoms with Crippen molar-refractivity contribution in [3.05, 3.63) is 93.3 Å². The maximum atomic E-state index is 13.5. The summed E-state index contributed by atoms with van der Waals surface area (Å²) in [5, 5.41) is 1.80. The molecule has 8 heteroatoms. The van der Waals surface area contributed by atoms with Gasteiger partial charge in [-0.15, -0.1) is 11.3 Å². The Morgan fingerprint density at radius 1 is 0.875 bits per heavy atom. The third-order valence-electron chi connectivity index (χ3n) is 5.71. The van der Waals surface area contributed by atoms with Crippen molar-refractivity contribution in [3.63, 3.8) is 0 Å². The van der Waals surface area contributed by atoms with Crippen molar-refractivity contribution < 1.29 is 22.8 Å². The SMILES string of the molecule is O=C1C(c2cccs2)=C(N2CCc3ccccc3C2)C(=O)N1c1cccc(C(F)(F)F)c1. The third kappa shape index (κ3) is 3.40. The van der Waals surface area contributed by atoms with Gasteiger partial charge >= 0.3 is 6.18 Å². The first kappa shape index (κ1) is 20.5. The van der Waals surface area contributed by atoms with Crippen molar-refractivity contribution in [2.45, 2.75) is 19.1 Å². The molecule has 0 N–H and O–H groups in total. The Labute approximate surface area is 186 Å². The topological polar surface area (TPSA) is 40.6 Å². The van der Waals surface area contributed by atoms with Crippen molar-refractivity contribution >= 4 is 34.4 Å². The maximum Gasteiger partial charge on any atom is 0.416 e. The fourth-order valence-electron chi connectivity index (χ4n) is 4.20. The van der Waals surface area contributed by atoms with E-state index in [1.165, 1.54) is 29.0 Å². The number of benzene rings is 2. The summed E-state index contributed by atoms with van der Waals surface area (Å²) in [6.45, 7) is 0.993. The summed E-state index contributed by atoms with van der Waals surface area (Å²) < 4.78 is 39.8. The van der Waals surface area contributed by atoms with E-state index in [1.54, 1.807) is 17.5 Å². The van der Waals surface area contributed by atoms with Crippen LogP contribution < -0.4 is 4.90 Å². The van der Waals surface area contributed by atoms with Crippen LogP contribution >= 0.6 is 11.3 Å². The predicted molar refractivity (Wildman–Crippen MR) is 116 cm³/mol. The van der Waals surface area contributed by atoms with Gasteiger partial charge in [0.05, 0.1) is 16.8 Å². The molecule has 0 radical (unpaired) electrons. The minimum Gasteiger partial charge on any atom is -0.362 e. The summed E-state index contributed by atoms with van der Waals surface area (Å²) in [5.74, 6) is -1.21. The molecule has 2 aliphatic rings. The van der Waals surface area contributed by atoms with E-state index >= 15 is 0 Å². The van der Waals surface area contributed by atoms with E-state index in [1.807, 2.05) is 29.2 Å². The highest BCUT2D eigenvalue weighted by Gasteiger charge is 2.44. The number of carbonyl (C=O) groups is 2. The van der Waals surface area contributed by atoms with Gasteiger partial charge in [-0.3, -0.25) is 9.59 Å².